The average Bonchev–Trinajstić information content (AvgIpc) is 3.31. The van der Waals surface area contributed by atoms with Crippen LogP contribution in [0.2, 0.25) is 0 Å². The maximum atomic E-state index is 12.7. The number of nitrogens with zero attached hydrogens (tertiary/aromatic N) is 4. The van der Waals surface area contributed by atoms with Gasteiger partial charge in [0.25, 0.3) is 0 Å². The third-order valence-corrected chi connectivity index (χ3v) is 4.87. The van der Waals surface area contributed by atoms with Crippen molar-refractivity contribution >= 4 is 11.7 Å². The quantitative estimate of drug-likeness (QED) is 0.771. The molecule has 0 spiro atoms. The Bertz CT molecular complexity index is 859. The summed E-state index contributed by atoms with van der Waals surface area (Å²) in [5.74, 6) is 0. The molecule has 3 aromatic heterocycles. The number of imidazole rings is 1. The zero-order valence-corrected chi connectivity index (χ0v) is 14.5. The summed E-state index contributed by atoms with van der Waals surface area (Å²) in [6.45, 7) is 5.20. The Labute approximate surface area is 146 Å². The summed E-state index contributed by atoms with van der Waals surface area (Å²) in [7, 11) is 0. The van der Waals surface area contributed by atoms with Gasteiger partial charge in [-0.05, 0) is 38.8 Å². The highest BCUT2D eigenvalue weighted by Gasteiger charge is 2.32. The average molecular weight is 338 g/mol. The van der Waals surface area contributed by atoms with Crippen LogP contribution in [0.3, 0.4) is 0 Å². The number of aromatic amines is 1. The topological polar surface area (TPSA) is 78.3 Å². The molecule has 2 amide bonds. The Balaban J connectivity index is 1.46. The highest BCUT2D eigenvalue weighted by molar-refractivity contribution is 5.75. The lowest BCUT2D eigenvalue weighted by Gasteiger charge is -2.25. The third-order valence-electron chi connectivity index (χ3n) is 4.87. The van der Waals surface area contributed by atoms with Gasteiger partial charge in [0.2, 0.25) is 0 Å². The minimum atomic E-state index is -0.0421. The molecule has 7 nitrogen and oxygen atoms in total. The molecule has 4 rings (SSSR count). The molecule has 1 unspecified atom stereocenters. The molecule has 1 aliphatic heterocycles. The molecule has 0 bridgehead atoms. The van der Waals surface area contributed by atoms with Crippen LogP contribution in [0.25, 0.3) is 5.65 Å². The minimum absolute atomic E-state index is 0.0421. The van der Waals surface area contributed by atoms with E-state index >= 15 is 0 Å². The summed E-state index contributed by atoms with van der Waals surface area (Å²) >= 11 is 0. The molecule has 0 aromatic carbocycles. The second kappa shape index (κ2) is 6.23. The molecule has 1 fully saturated rings. The predicted octanol–water partition coefficient (Wildman–Crippen LogP) is 2.72. The van der Waals surface area contributed by atoms with Crippen molar-refractivity contribution in [2.75, 3.05) is 6.54 Å². The van der Waals surface area contributed by atoms with Gasteiger partial charge < -0.3 is 14.6 Å². The number of pyridine rings is 1. The van der Waals surface area contributed by atoms with Crippen LogP contribution in [0.15, 0.2) is 30.6 Å². The van der Waals surface area contributed by atoms with Gasteiger partial charge in [-0.2, -0.15) is 5.10 Å². The van der Waals surface area contributed by atoms with Gasteiger partial charge in [-0.15, -0.1) is 0 Å². The van der Waals surface area contributed by atoms with E-state index in [0.717, 1.165) is 47.7 Å². The van der Waals surface area contributed by atoms with Gasteiger partial charge in [0.05, 0.1) is 24.0 Å². The molecule has 1 atom stereocenters. The van der Waals surface area contributed by atoms with E-state index < -0.39 is 0 Å². The Morgan fingerprint density at radius 1 is 1.40 bits per heavy atom. The summed E-state index contributed by atoms with van der Waals surface area (Å²) in [5.41, 5.74) is 4.91. The van der Waals surface area contributed by atoms with Gasteiger partial charge >= 0.3 is 6.03 Å². The van der Waals surface area contributed by atoms with Gasteiger partial charge in [-0.3, -0.25) is 5.10 Å². The van der Waals surface area contributed by atoms with E-state index in [-0.39, 0.29) is 12.1 Å². The molecule has 25 heavy (non-hydrogen) atoms. The van der Waals surface area contributed by atoms with Crippen molar-refractivity contribution in [1.82, 2.24) is 29.8 Å². The van der Waals surface area contributed by atoms with Gasteiger partial charge in [0, 0.05) is 30.2 Å². The lowest BCUT2D eigenvalue weighted by Crippen LogP contribution is -2.39. The Hall–Kier alpha value is -2.83. The van der Waals surface area contributed by atoms with Crippen LogP contribution in [0, 0.1) is 13.8 Å². The monoisotopic (exact) mass is 338 g/mol. The van der Waals surface area contributed by atoms with Crippen molar-refractivity contribution in [3.8, 4) is 0 Å². The predicted molar refractivity (Wildman–Crippen MR) is 94.2 cm³/mol. The normalized spacial score (nSPS) is 17.4. The number of amides is 2. The summed E-state index contributed by atoms with van der Waals surface area (Å²) in [6.07, 6.45) is 5.88. The van der Waals surface area contributed by atoms with Crippen LogP contribution in [0.5, 0.6) is 0 Å². The van der Waals surface area contributed by atoms with Crippen molar-refractivity contribution in [1.29, 1.82) is 0 Å². The van der Waals surface area contributed by atoms with E-state index in [2.05, 4.69) is 20.5 Å². The van der Waals surface area contributed by atoms with E-state index in [1.54, 1.807) is 0 Å². The van der Waals surface area contributed by atoms with Crippen LogP contribution in [0.1, 0.15) is 41.5 Å². The summed E-state index contributed by atoms with van der Waals surface area (Å²) < 4.78 is 1.96. The molecule has 1 aliphatic rings. The molecule has 0 saturated carbocycles. The highest BCUT2D eigenvalue weighted by Crippen LogP contribution is 2.34. The van der Waals surface area contributed by atoms with E-state index in [1.807, 2.05) is 53.7 Å². The van der Waals surface area contributed by atoms with Gasteiger partial charge in [-0.1, -0.05) is 6.07 Å². The molecule has 0 aliphatic carbocycles. The van der Waals surface area contributed by atoms with Crippen molar-refractivity contribution in [3.63, 3.8) is 0 Å². The van der Waals surface area contributed by atoms with Crippen LogP contribution >= 0.6 is 0 Å². The number of urea groups is 1. The minimum Gasteiger partial charge on any atom is -0.332 e. The first-order valence-electron chi connectivity index (χ1n) is 8.62. The van der Waals surface area contributed by atoms with E-state index in [1.165, 1.54) is 0 Å². The highest BCUT2D eigenvalue weighted by atomic mass is 16.2. The summed E-state index contributed by atoms with van der Waals surface area (Å²) in [4.78, 5) is 19.2. The molecular weight excluding hydrogens is 316 g/mol. The lowest BCUT2D eigenvalue weighted by molar-refractivity contribution is 0.192. The second-order valence-corrected chi connectivity index (χ2v) is 6.56. The number of aryl methyl sites for hydroxylation is 2. The first kappa shape index (κ1) is 15.7. The van der Waals surface area contributed by atoms with Gasteiger partial charge in [-0.25, -0.2) is 9.78 Å². The number of fused-ring (bicyclic) bond motifs is 1. The van der Waals surface area contributed by atoms with E-state index in [0.29, 0.717) is 6.54 Å². The van der Waals surface area contributed by atoms with Crippen LogP contribution < -0.4 is 5.32 Å². The first-order valence-corrected chi connectivity index (χ1v) is 8.62. The van der Waals surface area contributed by atoms with Gasteiger partial charge in [0.15, 0.2) is 0 Å². The second-order valence-electron chi connectivity index (χ2n) is 6.56. The number of H-pyrrole nitrogens is 1. The maximum absolute atomic E-state index is 12.7. The van der Waals surface area contributed by atoms with Crippen LogP contribution in [-0.4, -0.2) is 37.1 Å². The standard InChI is InChI=1S/C18H22N6O/c1-12-17(13(2)22-21-12)15-6-5-9-24(15)18(25)19-10-14-11-23-8-4-3-7-16(23)20-14/h3-4,7-8,11,15H,5-6,9-10H2,1-2H3,(H,19,25)(H,21,22). The zero-order chi connectivity index (χ0) is 17.4. The largest absolute Gasteiger partial charge is 0.332 e. The van der Waals surface area contributed by atoms with Crippen molar-refractivity contribution in [2.24, 2.45) is 0 Å². The van der Waals surface area contributed by atoms with E-state index in [4.69, 9.17) is 0 Å². The Kier molecular flexibility index (Phi) is 3.91. The number of hydrogen-bond donors (Lipinski definition) is 2. The van der Waals surface area contributed by atoms with Crippen LogP contribution in [-0.2, 0) is 6.54 Å². The number of carbonyl (C=O) groups excluding carboxylic acids is 1. The first-order chi connectivity index (χ1) is 12.1. The number of aromatic nitrogens is 4. The van der Waals surface area contributed by atoms with Gasteiger partial charge in [0.1, 0.15) is 5.65 Å². The molecule has 3 aromatic rings. The zero-order valence-electron chi connectivity index (χ0n) is 14.5. The molecule has 2 N–H and O–H groups in total. The fourth-order valence-corrected chi connectivity index (χ4v) is 3.70. The molecule has 0 radical (unpaired) electrons. The Morgan fingerprint density at radius 3 is 3.04 bits per heavy atom. The number of rotatable bonds is 3. The van der Waals surface area contributed by atoms with E-state index in [9.17, 15) is 4.79 Å². The molecule has 1 saturated heterocycles. The molecule has 130 valence electrons. The number of nitrogens with one attached hydrogen (secondary N) is 2. The van der Waals surface area contributed by atoms with Crippen LogP contribution in [0.4, 0.5) is 4.79 Å². The third kappa shape index (κ3) is 2.86. The SMILES string of the molecule is Cc1n[nH]c(C)c1C1CCCN1C(=O)NCc1cn2ccccc2n1. The number of hydrogen-bond acceptors (Lipinski definition) is 3. The lowest BCUT2D eigenvalue weighted by atomic mass is 10.0. The fraction of sp³-hybridized carbons (Fsp3) is 0.389. The van der Waals surface area contributed by atoms with Crippen molar-refractivity contribution in [2.45, 2.75) is 39.3 Å². The molecule has 7 heteroatoms. The fourth-order valence-electron chi connectivity index (χ4n) is 3.70. The molecular formula is C18H22N6O. The molecule has 4 heterocycles. The Morgan fingerprint density at radius 2 is 2.28 bits per heavy atom. The maximum Gasteiger partial charge on any atom is 0.318 e. The smallest absolute Gasteiger partial charge is 0.318 e. The number of likely N-dealkylation sites (tertiary alicyclic amines) is 1. The van der Waals surface area contributed by atoms with Crippen molar-refractivity contribution < 1.29 is 4.79 Å². The van der Waals surface area contributed by atoms with Crippen molar-refractivity contribution in [3.05, 3.63) is 53.2 Å². The summed E-state index contributed by atoms with van der Waals surface area (Å²) in [6, 6.07) is 5.92. The number of carbonyl (C=O) groups is 1. The summed E-state index contributed by atoms with van der Waals surface area (Å²) in [5, 5.41) is 10.3.